The summed E-state index contributed by atoms with van der Waals surface area (Å²) in [5.74, 6) is -0.518. The molecule has 2 aromatic rings. The van der Waals surface area contributed by atoms with Crippen LogP contribution in [-0.2, 0) is 0 Å². The first-order valence-electron chi connectivity index (χ1n) is 15.3. The van der Waals surface area contributed by atoms with E-state index >= 15 is 4.39 Å². The lowest BCUT2D eigenvalue weighted by atomic mass is 9.95. The van der Waals surface area contributed by atoms with Gasteiger partial charge in [-0.15, -0.1) is 0 Å². The number of carbonyl (C=O) groups is 1. The van der Waals surface area contributed by atoms with Gasteiger partial charge in [-0.3, -0.25) is 9.79 Å². The minimum atomic E-state index is -1.52. The standard InChI is InChI=1S/C36H40F2N4O2/c1-6-36(38,7-2)16-17-39-31-21-30(24(5)29-20-26(37)10-15-34(29)43)41-42-32(31)14-8-22(3)18-33(42)25-9-13-28(23(4)19-25)35(44)40-27-11-12-27/h6,9-10,13-15,18-20,22,27,43H,1,5,7-8,11-12,16-17,21H2,2-4H3,(H,40,44). The first kappa shape index (κ1) is 31.1. The van der Waals surface area contributed by atoms with Gasteiger partial charge >= 0.3 is 0 Å². The SMILES string of the molecule is C=CC(F)(CC)CCN=C1CC(C(=C)c2cc(F)ccc2O)=NN2C1=CCC(C)C=C2c1ccc(C(=O)NC2CC2)c(C)c1. The summed E-state index contributed by atoms with van der Waals surface area (Å²) in [7, 11) is 0. The molecular weight excluding hydrogens is 558 g/mol. The molecule has 2 aliphatic heterocycles. The van der Waals surface area contributed by atoms with Crippen LogP contribution < -0.4 is 5.32 Å². The molecule has 0 bridgehead atoms. The third kappa shape index (κ3) is 6.74. The topological polar surface area (TPSA) is 77.3 Å². The molecule has 5 rings (SSSR count). The van der Waals surface area contributed by atoms with Gasteiger partial charge < -0.3 is 10.4 Å². The summed E-state index contributed by atoms with van der Waals surface area (Å²) >= 11 is 0. The first-order chi connectivity index (χ1) is 21.0. The van der Waals surface area contributed by atoms with E-state index in [4.69, 9.17) is 10.1 Å². The number of rotatable bonds is 10. The molecule has 1 saturated carbocycles. The van der Waals surface area contributed by atoms with Crippen molar-refractivity contribution in [3.8, 4) is 5.75 Å². The van der Waals surface area contributed by atoms with Crippen molar-refractivity contribution in [2.45, 2.75) is 71.0 Å². The van der Waals surface area contributed by atoms with Gasteiger partial charge in [-0.1, -0.05) is 51.3 Å². The van der Waals surface area contributed by atoms with Crippen LogP contribution in [0, 0.1) is 18.7 Å². The number of carbonyl (C=O) groups excluding carboxylic acids is 1. The van der Waals surface area contributed by atoms with Crippen LogP contribution in [0.2, 0.25) is 0 Å². The Hall–Kier alpha value is -4.33. The molecule has 2 N–H and O–H groups in total. The number of phenols is 1. The molecule has 230 valence electrons. The van der Waals surface area contributed by atoms with Crippen LogP contribution in [0.25, 0.3) is 11.3 Å². The molecule has 2 aromatic carbocycles. The Balaban J connectivity index is 1.57. The van der Waals surface area contributed by atoms with Crippen molar-refractivity contribution in [1.82, 2.24) is 10.3 Å². The van der Waals surface area contributed by atoms with Crippen molar-refractivity contribution < 1.29 is 18.7 Å². The van der Waals surface area contributed by atoms with Gasteiger partial charge in [0.15, 0.2) is 0 Å². The lowest BCUT2D eigenvalue weighted by molar-refractivity contribution is 0.0950. The molecule has 1 aliphatic carbocycles. The number of phenolic OH excluding ortho intramolecular Hbond substituents is 1. The number of amides is 1. The summed E-state index contributed by atoms with van der Waals surface area (Å²) < 4.78 is 29.3. The molecule has 44 heavy (non-hydrogen) atoms. The Morgan fingerprint density at radius 1 is 1.23 bits per heavy atom. The van der Waals surface area contributed by atoms with Gasteiger partial charge in [-0.25, -0.2) is 13.8 Å². The number of nitrogens with zero attached hydrogens (tertiary/aromatic N) is 3. The Bertz CT molecular complexity index is 1620. The van der Waals surface area contributed by atoms with E-state index in [1.54, 1.807) is 6.92 Å². The number of benzene rings is 2. The average molecular weight is 599 g/mol. The number of hydrogen-bond donors (Lipinski definition) is 2. The number of alkyl halides is 1. The second-order valence-electron chi connectivity index (χ2n) is 12.0. The second kappa shape index (κ2) is 12.7. The molecule has 8 heteroatoms. The molecule has 1 fully saturated rings. The highest BCUT2D eigenvalue weighted by Crippen LogP contribution is 2.37. The van der Waals surface area contributed by atoms with Crippen LogP contribution in [0.5, 0.6) is 5.75 Å². The minimum absolute atomic E-state index is 0.0743. The van der Waals surface area contributed by atoms with Crippen molar-refractivity contribution in [1.29, 1.82) is 0 Å². The molecule has 0 aromatic heterocycles. The van der Waals surface area contributed by atoms with Crippen molar-refractivity contribution in [3.63, 3.8) is 0 Å². The fourth-order valence-electron chi connectivity index (χ4n) is 5.47. The number of hydrogen-bond acceptors (Lipinski definition) is 5. The Morgan fingerprint density at radius 3 is 2.68 bits per heavy atom. The van der Waals surface area contributed by atoms with Crippen molar-refractivity contribution in [2.75, 3.05) is 6.54 Å². The molecule has 0 saturated heterocycles. The third-order valence-electron chi connectivity index (χ3n) is 8.53. The van der Waals surface area contributed by atoms with Crippen LogP contribution >= 0.6 is 0 Å². The van der Waals surface area contributed by atoms with Crippen molar-refractivity contribution in [3.05, 3.63) is 102 Å². The fourth-order valence-corrected chi connectivity index (χ4v) is 5.47. The van der Waals surface area contributed by atoms with E-state index in [9.17, 15) is 14.3 Å². The number of allylic oxidation sites excluding steroid dienone is 5. The normalized spacial score (nSPS) is 20.5. The average Bonchev–Trinajstić information content (AvgIpc) is 3.84. The predicted octanol–water partition coefficient (Wildman–Crippen LogP) is 7.91. The zero-order valence-electron chi connectivity index (χ0n) is 25.7. The monoisotopic (exact) mass is 598 g/mol. The summed E-state index contributed by atoms with van der Waals surface area (Å²) in [6.07, 6.45) is 9.09. The zero-order chi connectivity index (χ0) is 31.6. The van der Waals surface area contributed by atoms with E-state index in [0.29, 0.717) is 29.0 Å². The van der Waals surface area contributed by atoms with Gasteiger partial charge in [0, 0.05) is 47.7 Å². The highest BCUT2D eigenvalue weighted by Gasteiger charge is 2.32. The minimum Gasteiger partial charge on any atom is -0.507 e. The van der Waals surface area contributed by atoms with E-state index in [1.165, 1.54) is 24.3 Å². The molecule has 2 heterocycles. The maximum atomic E-state index is 15.1. The maximum Gasteiger partial charge on any atom is 0.251 e. The molecule has 1 amide bonds. The summed E-state index contributed by atoms with van der Waals surface area (Å²) in [5.41, 5.74) is 4.23. The quantitative estimate of drug-likeness (QED) is 0.273. The lowest BCUT2D eigenvalue weighted by Crippen LogP contribution is -2.31. The molecule has 0 radical (unpaired) electrons. The highest BCUT2D eigenvalue weighted by molar-refractivity contribution is 6.32. The van der Waals surface area contributed by atoms with E-state index in [-0.39, 0.29) is 48.6 Å². The van der Waals surface area contributed by atoms with Crippen LogP contribution in [0.15, 0.2) is 83.6 Å². The number of aliphatic imine (C=N–C) groups is 1. The number of aromatic hydroxyl groups is 1. The van der Waals surface area contributed by atoms with Gasteiger partial charge in [-0.2, -0.15) is 5.10 Å². The zero-order valence-corrected chi connectivity index (χ0v) is 25.7. The molecule has 2 atom stereocenters. The number of aryl methyl sites for hydroxylation is 1. The van der Waals surface area contributed by atoms with Gasteiger partial charge in [0.25, 0.3) is 5.91 Å². The fraction of sp³-hybridized carbons (Fsp3) is 0.361. The smallest absolute Gasteiger partial charge is 0.251 e. The van der Waals surface area contributed by atoms with Crippen LogP contribution in [0.3, 0.4) is 0 Å². The molecular formula is C36H40F2N4O2. The largest absolute Gasteiger partial charge is 0.507 e. The van der Waals surface area contributed by atoms with Gasteiger partial charge in [0.1, 0.15) is 17.2 Å². The summed E-state index contributed by atoms with van der Waals surface area (Å²) in [6, 6.07) is 9.73. The molecule has 2 unspecified atom stereocenters. The Morgan fingerprint density at radius 2 is 2.00 bits per heavy atom. The number of hydrazone groups is 1. The first-order valence-corrected chi connectivity index (χ1v) is 15.3. The molecule has 3 aliphatic rings. The van der Waals surface area contributed by atoms with Crippen LogP contribution in [0.1, 0.15) is 79.4 Å². The Kier molecular flexibility index (Phi) is 9.00. The number of fused-ring (bicyclic) bond motifs is 1. The lowest BCUT2D eigenvalue weighted by Gasteiger charge is -2.32. The Labute approximate surface area is 258 Å². The summed E-state index contributed by atoms with van der Waals surface area (Å²) in [5, 5.41) is 20.4. The van der Waals surface area contributed by atoms with Crippen LogP contribution in [-0.4, -0.2) is 45.7 Å². The summed E-state index contributed by atoms with van der Waals surface area (Å²) in [6.45, 7) is 13.9. The second-order valence-corrected chi connectivity index (χ2v) is 12.0. The predicted molar refractivity (Wildman–Crippen MR) is 174 cm³/mol. The van der Waals surface area contributed by atoms with E-state index in [0.717, 1.165) is 41.8 Å². The third-order valence-corrected chi connectivity index (χ3v) is 8.53. The molecule has 0 spiro atoms. The van der Waals surface area contributed by atoms with Crippen LogP contribution in [0.4, 0.5) is 8.78 Å². The van der Waals surface area contributed by atoms with Gasteiger partial charge in [0.05, 0.1) is 22.8 Å². The number of halogens is 2. The van der Waals surface area contributed by atoms with E-state index in [2.05, 4.69) is 37.6 Å². The molecule has 6 nitrogen and oxygen atoms in total. The van der Waals surface area contributed by atoms with E-state index < -0.39 is 11.5 Å². The van der Waals surface area contributed by atoms with Gasteiger partial charge in [0.2, 0.25) is 0 Å². The highest BCUT2D eigenvalue weighted by atomic mass is 19.1. The maximum absolute atomic E-state index is 15.1. The van der Waals surface area contributed by atoms with Gasteiger partial charge in [-0.05, 0) is 74.4 Å². The van der Waals surface area contributed by atoms with E-state index in [1.807, 2.05) is 30.1 Å². The van der Waals surface area contributed by atoms with Crippen molar-refractivity contribution in [2.24, 2.45) is 16.0 Å². The summed E-state index contributed by atoms with van der Waals surface area (Å²) in [4.78, 5) is 17.7. The number of nitrogens with one attached hydrogen (secondary N) is 1. The van der Waals surface area contributed by atoms with Crippen molar-refractivity contribution >= 4 is 28.6 Å².